The van der Waals surface area contributed by atoms with Crippen molar-refractivity contribution in [3.05, 3.63) is 29.6 Å². The Bertz CT molecular complexity index is 403. The van der Waals surface area contributed by atoms with Gasteiger partial charge in [0.05, 0.1) is 5.69 Å². The number of anilines is 1. The molecule has 2 nitrogen and oxygen atoms in total. The van der Waals surface area contributed by atoms with Crippen LogP contribution in [0.2, 0.25) is 0 Å². The van der Waals surface area contributed by atoms with E-state index in [-0.39, 0.29) is 5.82 Å². The van der Waals surface area contributed by atoms with Crippen LogP contribution in [0.15, 0.2) is 18.2 Å². The van der Waals surface area contributed by atoms with E-state index in [1.807, 2.05) is 6.07 Å². The van der Waals surface area contributed by atoms with Crippen LogP contribution in [0.1, 0.15) is 26.3 Å². The molecular formula is C15H23FN2. The van der Waals surface area contributed by atoms with Crippen molar-refractivity contribution >= 4 is 5.69 Å². The Labute approximate surface area is 109 Å². The van der Waals surface area contributed by atoms with E-state index >= 15 is 0 Å². The second-order valence-corrected chi connectivity index (χ2v) is 5.63. The molecule has 0 aromatic heterocycles. The number of nitrogens with one attached hydrogen (secondary N) is 1. The molecule has 1 heterocycles. The second-order valence-electron chi connectivity index (χ2n) is 5.63. The summed E-state index contributed by atoms with van der Waals surface area (Å²) in [6, 6.07) is 6.05. The molecule has 1 fully saturated rings. The molecule has 0 bridgehead atoms. The van der Waals surface area contributed by atoms with E-state index < -0.39 is 0 Å². The highest BCUT2D eigenvalue weighted by atomic mass is 19.1. The van der Waals surface area contributed by atoms with Gasteiger partial charge in [-0.1, -0.05) is 19.9 Å². The van der Waals surface area contributed by atoms with E-state index in [4.69, 9.17) is 0 Å². The van der Waals surface area contributed by atoms with Crippen LogP contribution < -0.4 is 10.2 Å². The third-order valence-corrected chi connectivity index (χ3v) is 3.47. The molecule has 18 heavy (non-hydrogen) atoms. The van der Waals surface area contributed by atoms with Crippen molar-refractivity contribution in [2.24, 2.45) is 5.92 Å². The van der Waals surface area contributed by atoms with Crippen molar-refractivity contribution in [3.63, 3.8) is 0 Å². The Morgan fingerprint density at radius 1 is 1.44 bits per heavy atom. The maximum Gasteiger partial charge on any atom is 0.146 e. The van der Waals surface area contributed by atoms with Crippen LogP contribution in [0, 0.1) is 11.7 Å². The normalized spacial score (nSPS) is 20.5. The fourth-order valence-corrected chi connectivity index (χ4v) is 2.58. The summed E-state index contributed by atoms with van der Waals surface area (Å²) < 4.78 is 14.2. The molecule has 1 atom stereocenters. The van der Waals surface area contributed by atoms with E-state index in [1.54, 1.807) is 6.07 Å². The standard InChI is InChI=1S/C15H23FN2/c1-11(2)8-13-4-5-15(14(16)9-13)18-7-6-17-10-12(18)3/h4-5,9,11-12,17H,6-8,10H2,1-3H3. The first-order valence-electron chi connectivity index (χ1n) is 6.83. The zero-order valence-electron chi connectivity index (χ0n) is 11.5. The molecule has 1 saturated heterocycles. The van der Waals surface area contributed by atoms with Gasteiger partial charge in [-0.25, -0.2) is 4.39 Å². The van der Waals surface area contributed by atoms with Crippen molar-refractivity contribution in [3.8, 4) is 0 Å². The predicted octanol–water partition coefficient (Wildman–Crippen LogP) is 2.82. The number of hydrogen-bond acceptors (Lipinski definition) is 2. The second kappa shape index (κ2) is 5.70. The molecule has 0 aliphatic carbocycles. The van der Waals surface area contributed by atoms with Gasteiger partial charge in [0.2, 0.25) is 0 Å². The third-order valence-electron chi connectivity index (χ3n) is 3.47. The van der Waals surface area contributed by atoms with Gasteiger partial charge in [0.25, 0.3) is 0 Å². The lowest BCUT2D eigenvalue weighted by Crippen LogP contribution is -2.50. The molecular weight excluding hydrogens is 227 g/mol. The Morgan fingerprint density at radius 2 is 2.22 bits per heavy atom. The third kappa shape index (κ3) is 3.02. The Morgan fingerprint density at radius 3 is 2.83 bits per heavy atom. The zero-order chi connectivity index (χ0) is 13.1. The monoisotopic (exact) mass is 250 g/mol. The van der Waals surface area contributed by atoms with Crippen LogP contribution in [0.5, 0.6) is 0 Å². The maximum atomic E-state index is 14.2. The van der Waals surface area contributed by atoms with Gasteiger partial charge in [-0.3, -0.25) is 0 Å². The molecule has 1 unspecified atom stereocenters. The zero-order valence-corrected chi connectivity index (χ0v) is 11.5. The summed E-state index contributed by atoms with van der Waals surface area (Å²) in [5.74, 6) is 0.482. The highest BCUT2D eigenvalue weighted by Crippen LogP contribution is 2.24. The molecule has 3 heteroatoms. The number of hydrogen-bond donors (Lipinski definition) is 1. The lowest BCUT2D eigenvalue weighted by Gasteiger charge is -2.36. The van der Waals surface area contributed by atoms with Crippen molar-refractivity contribution in [1.29, 1.82) is 0 Å². The number of benzene rings is 1. The Kier molecular flexibility index (Phi) is 4.23. The molecule has 1 N–H and O–H groups in total. The number of rotatable bonds is 3. The van der Waals surface area contributed by atoms with E-state index in [1.165, 1.54) is 0 Å². The van der Waals surface area contributed by atoms with Gasteiger partial charge in [0.15, 0.2) is 0 Å². The number of halogens is 1. The first kappa shape index (κ1) is 13.3. The van der Waals surface area contributed by atoms with Crippen LogP contribution in [-0.2, 0) is 6.42 Å². The SMILES string of the molecule is CC(C)Cc1ccc(N2CCNCC2C)c(F)c1. The first-order chi connectivity index (χ1) is 8.58. The molecule has 0 radical (unpaired) electrons. The molecule has 1 aromatic rings. The number of piperazine rings is 1. The summed E-state index contributed by atoms with van der Waals surface area (Å²) in [5, 5.41) is 3.33. The minimum atomic E-state index is -0.0816. The van der Waals surface area contributed by atoms with Gasteiger partial charge >= 0.3 is 0 Å². The maximum absolute atomic E-state index is 14.2. The van der Waals surface area contributed by atoms with E-state index in [2.05, 4.69) is 37.1 Å². The van der Waals surface area contributed by atoms with Crippen LogP contribution in [0.25, 0.3) is 0 Å². The van der Waals surface area contributed by atoms with Gasteiger partial charge in [-0.05, 0) is 37.0 Å². The van der Waals surface area contributed by atoms with Gasteiger partial charge in [0.1, 0.15) is 5.82 Å². The molecule has 0 saturated carbocycles. The average Bonchev–Trinajstić information content (AvgIpc) is 2.30. The fourth-order valence-electron chi connectivity index (χ4n) is 2.58. The van der Waals surface area contributed by atoms with Crippen LogP contribution in [-0.4, -0.2) is 25.7 Å². The Balaban J connectivity index is 2.18. The number of nitrogens with zero attached hydrogens (tertiary/aromatic N) is 1. The molecule has 2 rings (SSSR count). The smallest absolute Gasteiger partial charge is 0.146 e. The van der Waals surface area contributed by atoms with E-state index in [0.29, 0.717) is 12.0 Å². The van der Waals surface area contributed by atoms with Gasteiger partial charge in [-0.15, -0.1) is 0 Å². The minimum absolute atomic E-state index is 0.0816. The van der Waals surface area contributed by atoms with Crippen molar-refractivity contribution in [2.45, 2.75) is 33.2 Å². The van der Waals surface area contributed by atoms with Crippen LogP contribution in [0.4, 0.5) is 10.1 Å². The molecule has 0 spiro atoms. The molecule has 1 aliphatic rings. The first-order valence-corrected chi connectivity index (χ1v) is 6.83. The topological polar surface area (TPSA) is 15.3 Å². The summed E-state index contributed by atoms with van der Waals surface area (Å²) >= 11 is 0. The van der Waals surface area contributed by atoms with Crippen LogP contribution >= 0.6 is 0 Å². The predicted molar refractivity (Wildman–Crippen MR) is 74.6 cm³/mol. The summed E-state index contributed by atoms with van der Waals surface area (Å²) in [6.07, 6.45) is 0.939. The average molecular weight is 250 g/mol. The highest BCUT2D eigenvalue weighted by Gasteiger charge is 2.20. The van der Waals surface area contributed by atoms with Gasteiger partial charge < -0.3 is 10.2 Å². The lowest BCUT2D eigenvalue weighted by atomic mass is 10.0. The Hall–Kier alpha value is -1.09. The molecule has 0 amide bonds. The van der Waals surface area contributed by atoms with E-state index in [9.17, 15) is 4.39 Å². The summed E-state index contributed by atoms with van der Waals surface area (Å²) in [6.45, 7) is 9.17. The van der Waals surface area contributed by atoms with Crippen molar-refractivity contribution in [1.82, 2.24) is 5.32 Å². The van der Waals surface area contributed by atoms with Crippen molar-refractivity contribution in [2.75, 3.05) is 24.5 Å². The summed E-state index contributed by atoms with van der Waals surface area (Å²) in [7, 11) is 0. The molecule has 100 valence electrons. The van der Waals surface area contributed by atoms with Gasteiger partial charge in [0, 0.05) is 25.7 Å². The highest BCUT2D eigenvalue weighted by molar-refractivity contribution is 5.50. The largest absolute Gasteiger partial charge is 0.364 e. The van der Waals surface area contributed by atoms with Crippen LogP contribution in [0.3, 0.4) is 0 Å². The molecule has 1 aliphatic heterocycles. The van der Waals surface area contributed by atoms with Crippen molar-refractivity contribution < 1.29 is 4.39 Å². The van der Waals surface area contributed by atoms with Gasteiger partial charge in [-0.2, -0.15) is 0 Å². The minimum Gasteiger partial charge on any atom is -0.364 e. The lowest BCUT2D eigenvalue weighted by molar-refractivity contribution is 0.490. The van der Waals surface area contributed by atoms with E-state index in [0.717, 1.165) is 37.3 Å². The summed E-state index contributed by atoms with van der Waals surface area (Å²) in [4.78, 5) is 2.16. The molecule has 1 aromatic carbocycles. The quantitative estimate of drug-likeness (QED) is 0.887. The fraction of sp³-hybridized carbons (Fsp3) is 0.600. The summed E-state index contributed by atoms with van der Waals surface area (Å²) in [5.41, 5.74) is 1.84.